The van der Waals surface area contributed by atoms with E-state index in [1.165, 1.54) is 12.1 Å². The zero-order chi connectivity index (χ0) is 22.4. The van der Waals surface area contributed by atoms with Gasteiger partial charge in [0.25, 0.3) is 0 Å². The number of hydrogen-bond donors (Lipinski definition) is 0. The van der Waals surface area contributed by atoms with E-state index in [1.807, 2.05) is 42.7 Å². The van der Waals surface area contributed by atoms with Crippen molar-refractivity contribution in [2.75, 3.05) is 13.2 Å². The lowest BCUT2D eigenvalue weighted by Gasteiger charge is -2.10. The molecule has 0 saturated heterocycles. The van der Waals surface area contributed by atoms with Crippen LogP contribution in [0.25, 0.3) is 5.69 Å². The highest BCUT2D eigenvalue weighted by Gasteiger charge is 2.18. The molecule has 0 unspecified atom stereocenters. The molecule has 0 aliphatic carbocycles. The van der Waals surface area contributed by atoms with Gasteiger partial charge >= 0.3 is 5.97 Å². The molecule has 3 aromatic rings. The van der Waals surface area contributed by atoms with Crippen molar-refractivity contribution in [2.24, 2.45) is 0 Å². The van der Waals surface area contributed by atoms with Gasteiger partial charge in [-0.15, -0.1) is 0 Å². The third kappa shape index (κ3) is 6.04. The molecule has 5 nitrogen and oxygen atoms in total. The average molecular weight is 488 g/mol. The van der Waals surface area contributed by atoms with Crippen LogP contribution in [0.1, 0.15) is 34.6 Å². The number of rotatable bonds is 9. The van der Waals surface area contributed by atoms with Crippen molar-refractivity contribution >= 4 is 27.7 Å². The second-order valence-electron chi connectivity index (χ2n) is 7.09. The first-order valence-electron chi connectivity index (χ1n) is 9.87. The number of Topliss-reactive ketones (excluding diaryl/α,β-unsaturated/α-hetero) is 1. The summed E-state index contributed by atoms with van der Waals surface area (Å²) in [5, 5.41) is 0. The van der Waals surface area contributed by atoms with Gasteiger partial charge in [-0.25, -0.2) is 4.39 Å². The van der Waals surface area contributed by atoms with E-state index < -0.39 is 5.97 Å². The standard InChI is InChI=1S/C24H23BrFNO4/c1-16-13-22(17(2)27(16)20-10-8-19(26)9-11-20)23(28)15-31-24(29)7-4-12-30-21-6-3-5-18(25)14-21/h3,5-6,8-11,13-14H,4,7,12,15H2,1-2H3. The Morgan fingerprint density at radius 1 is 1.06 bits per heavy atom. The average Bonchev–Trinajstić information content (AvgIpc) is 3.04. The van der Waals surface area contributed by atoms with E-state index in [0.29, 0.717) is 24.3 Å². The van der Waals surface area contributed by atoms with Crippen LogP contribution in [-0.2, 0) is 9.53 Å². The molecule has 0 aliphatic rings. The Bertz CT molecular complexity index is 1080. The van der Waals surface area contributed by atoms with Crippen molar-refractivity contribution in [3.63, 3.8) is 0 Å². The first-order chi connectivity index (χ1) is 14.8. The van der Waals surface area contributed by atoms with Crippen molar-refractivity contribution < 1.29 is 23.5 Å². The number of carbonyl (C=O) groups excluding carboxylic acids is 2. The predicted molar refractivity (Wildman–Crippen MR) is 119 cm³/mol. The zero-order valence-corrected chi connectivity index (χ0v) is 18.9. The summed E-state index contributed by atoms with van der Waals surface area (Å²) in [6.07, 6.45) is 0.647. The van der Waals surface area contributed by atoms with Gasteiger partial charge in [0.1, 0.15) is 11.6 Å². The number of ether oxygens (including phenoxy) is 2. The summed E-state index contributed by atoms with van der Waals surface area (Å²) in [5.41, 5.74) is 2.79. The summed E-state index contributed by atoms with van der Waals surface area (Å²) in [6, 6.07) is 15.3. The Hall–Kier alpha value is -2.93. The molecule has 0 N–H and O–H groups in total. The topological polar surface area (TPSA) is 57.5 Å². The molecule has 1 heterocycles. The fourth-order valence-corrected chi connectivity index (χ4v) is 3.67. The Kier molecular flexibility index (Phi) is 7.63. The van der Waals surface area contributed by atoms with E-state index in [9.17, 15) is 14.0 Å². The number of carbonyl (C=O) groups is 2. The van der Waals surface area contributed by atoms with E-state index in [2.05, 4.69) is 15.9 Å². The summed E-state index contributed by atoms with van der Waals surface area (Å²) in [7, 11) is 0. The summed E-state index contributed by atoms with van der Waals surface area (Å²) >= 11 is 3.37. The molecule has 31 heavy (non-hydrogen) atoms. The van der Waals surface area contributed by atoms with Crippen LogP contribution in [0.2, 0.25) is 0 Å². The van der Waals surface area contributed by atoms with Crippen LogP contribution in [0.5, 0.6) is 5.75 Å². The highest BCUT2D eigenvalue weighted by atomic mass is 79.9. The van der Waals surface area contributed by atoms with Crippen LogP contribution in [0.4, 0.5) is 4.39 Å². The fraction of sp³-hybridized carbons (Fsp3) is 0.250. The number of nitrogens with zero attached hydrogens (tertiary/aromatic N) is 1. The summed E-state index contributed by atoms with van der Waals surface area (Å²) in [6.45, 7) is 3.73. The molecule has 0 radical (unpaired) electrons. The Labute approximate surface area is 188 Å². The maximum absolute atomic E-state index is 13.2. The smallest absolute Gasteiger partial charge is 0.306 e. The minimum absolute atomic E-state index is 0.163. The van der Waals surface area contributed by atoms with E-state index in [4.69, 9.17) is 9.47 Å². The molecule has 0 spiro atoms. The predicted octanol–water partition coefficient (Wildman–Crippen LogP) is 5.58. The van der Waals surface area contributed by atoms with Crippen molar-refractivity contribution in [3.05, 3.63) is 81.8 Å². The molecule has 3 rings (SSSR count). The Morgan fingerprint density at radius 2 is 1.81 bits per heavy atom. The summed E-state index contributed by atoms with van der Waals surface area (Å²) < 4.78 is 26.7. The molecule has 0 amide bonds. The first kappa shape index (κ1) is 22.7. The van der Waals surface area contributed by atoms with Gasteiger partial charge in [-0.1, -0.05) is 22.0 Å². The Morgan fingerprint density at radius 3 is 2.52 bits per heavy atom. The fourth-order valence-electron chi connectivity index (χ4n) is 3.29. The van der Waals surface area contributed by atoms with Gasteiger partial charge in [0, 0.05) is 33.5 Å². The van der Waals surface area contributed by atoms with Gasteiger partial charge in [-0.2, -0.15) is 0 Å². The molecule has 0 saturated carbocycles. The van der Waals surface area contributed by atoms with Gasteiger partial charge < -0.3 is 14.0 Å². The zero-order valence-electron chi connectivity index (χ0n) is 17.4. The van der Waals surface area contributed by atoms with Gasteiger partial charge in [-0.05, 0) is 68.8 Å². The van der Waals surface area contributed by atoms with Crippen LogP contribution in [0.15, 0.2) is 59.1 Å². The molecule has 162 valence electrons. The summed E-state index contributed by atoms with van der Waals surface area (Å²) in [5.74, 6) is -0.329. The number of hydrogen-bond acceptors (Lipinski definition) is 4. The van der Waals surface area contributed by atoms with E-state index in [-0.39, 0.29) is 24.6 Å². The number of aryl methyl sites for hydroxylation is 1. The van der Waals surface area contributed by atoms with E-state index in [0.717, 1.165) is 21.6 Å². The second-order valence-corrected chi connectivity index (χ2v) is 8.01. The Balaban J connectivity index is 1.49. The number of esters is 1. The van der Waals surface area contributed by atoms with Crippen molar-refractivity contribution in [1.82, 2.24) is 4.57 Å². The molecule has 7 heteroatoms. The van der Waals surface area contributed by atoms with Gasteiger partial charge in [0.15, 0.2) is 6.61 Å². The molecule has 0 aliphatic heterocycles. The van der Waals surface area contributed by atoms with Crippen LogP contribution in [0.3, 0.4) is 0 Å². The highest BCUT2D eigenvalue weighted by Crippen LogP contribution is 2.22. The highest BCUT2D eigenvalue weighted by molar-refractivity contribution is 9.10. The number of aromatic nitrogens is 1. The SMILES string of the molecule is Cc1cc(C(=O)COC(=O)CCCOc2cccc(Br)c2)c(C)n1-c1ccc(F)cc1. The van der Waals surface area contributed by atoms with Crippen LogP contribution in [0, 0.1) is 19.7 Å². The lowest BCUT2D eigenvalue weighted by atomic mass is 10.1. The molecule has 0 bridgehead atoms. The third-order valence-electron chi connectivity index (χ3n) is 4.77. The van der Waals surface area contributed by atoms with Crippen molar-refractivity contribution in [1.29, 1.82) is 0 Å². The number of halogens is 2. The molecular weight excluding hydrogens is 465 g/mol. The quantitative estimate of drug-likeness (QED) is 0.224. The second kappa shape index (κ2) is 10.4. The third-order valence-corrected chi connectivity index (χ3v) is 5.26. The van der Waals surface area contributed by atoms with Crippen LogP contribution < -0.4 is 4.74 Å². The lowest BCUT2D eigenvalue weighted by molar-refractivity contribution is -0.142. The van der Waals surface area contributed by atoms with Crippen LogP contribution >= 0.6 is 15.9 Å². The molecular formula is C24H23BrFNO4. The van der Waals surface area contributed by atoms with E-state index in [1.54, 1.807) is 18.2 Å². The van der Waals surface area contributed by atoms with E-state index >= 15 is 0 Å². The number of ketones is 1. The monoisotopic (exact) mass is 487 g/mol. The molecule has 1 aromatic heterocycles. The number of benzene rings is 2. The minimum atomic E-state index is -0.446. The normalized spacial score (nSPS) is 10.7. The molecule has 0 fully saturated rings. The maximum atomic E-state index is 13.2. The van der Waals surface area contributed by atoms with Crippen molar-refractivity contribution in [2.45, 2.75) is 26.7 Å². The lowest BCUT2D eigenvalue weighted by Crippen LogP contribution is -2.15. The van der Waals surface area contributed by atoms with Gasteiger partial charge in [0.05, 0.1) is 6.61 Å². The van der Waals surface area contributed by atoms with Gasteiger partial charge in [-0.3, -0.25) is 9.59 Å². The minimum Gasteiger partial charge on any atom is -0.494 e. The maximum Gasteiger partial charge on any atom is 0.306 e. The van der Waals surface area contributed by atoms with Gasteiger partial charge in [0.2, 0.25) is 5.78 Å². The van der Waals surface area contributed by atoms with Crippen LogP contribution in [-0.4, -0.2) is 29.5 Å². The largest absolute Gasteiger partial charge is 0.494 e. The summed E-state index contributed by atoms with van der Waals surface area (Å²) in [4.78, 5) is 24.6. The van der Waals surface area contributed by atoms with Crippen molar-refractivity contribution in [3.8, 4) is 11.4 Å². The first-order valence-corrected chi connectivity index (χ1v) is 10.7. The molecule has 0 atom stereocenters. The molecule has 2 aromatic carbocycles.